The highest BCUT2D eigenvalue weighted by Crippen LogP contribution is 1.95. The van der Waals surface area contributed by atoms with E-state index in [1.165, 1.54) is 6.21 Å². The molecule has 0 aliphatic rings. The van der Waals surface area contributed by atoms with Gasteiger partial charge in [-0.1, -0.05) is 0 Å². The highest BCUT2D eigenvalue weighted by atomic mass is 16.3. The summed E-state index contributed by atoms with van der Waals surface area (Å²) in [5.41, 5.74) is 5.02. The van der Waals surface area contributed by atoms with Crippen LogP contribution in [0.4, 0.5) is 0 Å². The van der Waals surface area contributed by atoms with E-state index in [1.807, 2.05) is 0 Å². The molecule has 0 unspecified atom stereocenters. The Morgan fingerprint density at radius 1 is 1.05 bits per heavy atom. The maximum Gasteiger partial charge on any atom is 0.240 e. The van der Waals surface area contributed by atoms with Gasteiger partial charge in [-0.05, 0) is 33.6 Å². The summed E-state index contributed by atoms with van der Waals surface area (Å²) in [5.74, 6) is -0.606. The van der Waals surface area contributed by atoms with E-state index in [0.717, 1.165) is 0 Å². The zero-order valence-electron chi connectivity index (χ0n) is 12.7. The molecule has 4 N–H and O–H groups in total. The number of carbonyl (C=O) groups excluding carboxylic acids is 2. The Kier molecular flexibility index (Phi) is 9.99. The van der Waals surface area contributed by atoms with E-state index in [0.29, 0.717) is 18.6 Å². The Bertz CT molecular complexity index is 392. The van der Waals surface area contributed by atoms with E-state index in [-0.39, 0.29) is 24.7 Å². The van der Waals surface area contributed by atoms with Gasteiger partial charge >= 0.3 is 0 Å². The van der Waals surface area contributed by atoms with Crippen molar-refractivity contribution in [1.29, 1.82) is 0 Å². The summed E-state index contributed by atoms with van der Waals surface area (Å²) in [4.78, 5) is 22.6. The number of amides is 2. The molecule has 2 atom stereocenters. The Labute approximate surface area is 124 Å². The molecule has 0 aliphatic heterocycles. The minimum atomic E-state index is -0.528. The van der Waals surface area contributed by atoms with E-state index in [4.69, 9.17) is 10.2 Å². The number of hydrazone groups is 2. The first-order chi connectivity index (χ1) is 9.81. The molecular weight excluding hydrogens is 276 g/mol. The zero-order valence-corrected chi connectivity index (χ0v) is 12.7. The standard InChI is InChI=1S/C13H24N4O4/c1-9(15-17-13(21)7-5-11(3)19)8-14-16-12(20)6-4-10(2)18/h8,10-11,18-19H,4-7H2,1-3H3,(H,16,20)(H,17,21)/b14-8-,15-9-/t10-,11+/m0/s1. The van der Waals surface area contributed by atoms with E-state index in [2.05, 4.69) is 21.1 Å². The Balaban J connectivity index is 3.97. The van der Waals surface area contributed by atoms with Crippen LogP contribution < -0.4 is 10.9 Å². The SMILES string of the molecule is CC(/C=N\NC(=O)CC[C@H](C)O)=N/NC(=O)CC[C@@H](C)O. The number of rotatable bonds is 9. The maximum atomic E-state index is 11.3. The fraction of sp³-hybridized carbons (Fsp3) is 0.692. The minimum absolute atomic E-state index is 0.182. The van der Waals surface area contributed by atoms with Crippen LogP contribution in [0.3, 0.4) is 0 Å². The van der Waals surface area contributed by atoms with Gasteiger partial charge in [0, 0.05) is 12.8 Å². The van der Waals surface area contributed by atoms with Crippen molar-refractivity contribution in [2.24, 2.45) is 10.2 Å². The van der Waals surface area contributed by atoms with Crippen molar-refractivity contribution >= 4 is 23.7 Å². The van der Waals surface area contributed by atoms with Crippen LogP contribution in [0.5, 0.6) is 0 Å². The molecule has 0 bridgehead atoms. The van der Waals surface area contributed by atoms with Crippen LogP contribution in [0.25, 0.3) is 0 Å². The van der Waals surface area contributed by atoms with Gasteiger partial charge in [0.15, 0.2) is 0 Å². The number of nitrogens with zero attached hydrogens (tertiary/aromatic N) is 2. The lowest BCUT2D eigenvalue weighted by atomic mass is 10.2. The first-order valence-electron chi connectivity index (χ1n) is 6.82. The molecule has 2 amide bonds. The van der Waals surface area contributed by atoms with Crippen LogP contribution >= 0.6 is 0 Å². The van der Waals surface area contributed by atoms with Crippen molar-refractivity contribution in [3.63, 3.8) is 0 Å². The Morgan fingerprint density at radius 3 is 2.00 bits per heavy atom. The van der Waals surface area contributed by atoms with Crippen molar-refractivity contribution in [3.8, 4) is 0 Å². The average Bonchev–Trinajstić information content (AvgIpc) is 2.40. The summed E-state index contributed by atoms with van der Waals surface area (Å²) in [5, 5.41) is 25.5. The second-order valence-electron chi connectivity index (χ2n) is 4.86. The molecule has 0 aromatic rings. The lowest BCUT2D eigenvalue weighted by Crippen LogP contribution is -2.22. The molecule has 0 spiro atoms. The molecular formula is C13H24N4O4. The average molecular weight is 300 g/mol. The van der Waals surface area contributed by atoms with Crippen LogP contribution in [-0.2, 0) is 9.59 Å². The van der Waals surface area contributed by atoms with Gasteiger partial charge in [0.25, 0.3) is 0 Å². The van der Waals surface area contributed by atoms with Crippen molar-refractivity contribution in [3.05, 3.63) is 0 Å². The number of nitrogens with one attached hydrogen (secondary N) is 2. The third-order valence-corrected chi connectivity index (χ3v) is 2.38. The summed E-state index contributed by atoms with van der Waals surface area (Å²) in [6, 6.07) is 0. The fourth-order valence-electron chi connectivity index (χ4n) is 1.17. The quantitative estimate of drug-likeness (QED) is 0.351. The number of hydrogen-bond donors (Lipinski definition) is 4. The summed E-state index contributed by atoms with van der Waals surface area (Å²) >= 11 is 0. The van der Waals surface area contributed by atoms with Crippen LogP contribution in [0, 0.1) is 0 Å². The molecule has 0 aromatic carbocycles. The molecule has 0 fully saturated rings. The lowest BCUT2D eigenvalue weighted by Gasteiger charge is -2.03. The molecule has 8 heteroatoms. The van der Waals surface area contributed by atoms with Crippen molar-refractivity contribution in [1.82, 2.24) is 10.9 Å². The number of aliphatic hydroxyl groups is 2. The van der Waals surface area contributed by atoms with Crippen LogP contribution in [0.1, 0.15) is 46.5 Å². The first kappa shape index (κ1) is 19.2. The lowest BCUT2D eigenvalue weighted by molar-refractivity contribution is -0.122. The summed E-state index contributed by atoms with van der Waals surface area (Å²) in [6.07, 6.45) is 1.35. The van der Waals surface area contributed by atoms with Crippen molar-refractivity contribution in [2.75, 3.05) is 0 Å². The topological polar surface area (TPSA) is 123 Å². The summed E-state index contributed by atoms with van der Waals surface area (Å²) < 4.78 is 0. The van der Waals surface area contributed by atoms with Gasteiger partial charge in [0.1, 0.15) is 0 Å². The predicted octanol–water partition coefficient (Wildman–Crippen LogP) is -0.0975. The Hall–Kier alpha value is -1.80. The molecule has 21 heavy (non-hydrogen) atoms. The minimum Gasteiger partial charge on any atom is -0.393 e. The fourth-order valence-corrected chi connectivity index (χ4v) is 1.17. The molecule has 0 radical (unpaired) electrons. The molecule has 0 saturated carbocycles. The number of aliphatic hydroxyl groups excluding tert-OH is 2. The third kappa shape index (κ3) is 13.0. The van der Waals surface area contributed by atoms with Gasteiger partial charge in [-0.15, -0.1) is 0 Å². The van der Waals surface area contributed by atoms with Crippen LogP contribution in [0.2, 0.25) is 0 Å². The van der Waals surface area contributed by atoms with Crippen LogP contribution in [-0.4, -0.2) is 46.2 Å². The molecule has 0 rings (SSSR count). The monoisotopic (exact) mass is 300 g/mol. The van der Waals surface area contributed by atoms with Crippen molar-refractivity contribution < 1.29 is 19.8 Å². The van der Waals surface area contributed by atoms with Crippen LogP contribution in [0.15, 0.2) is 10.2 Å². The molecule has 0 aromatic heterocycles. The number of hydrogen-bond acceptors (Lipinski definition) is 6. The second kappa shape index (κ2) is 10.9. The maximum absolute atomic E-state index is 11.3. The molecule has 0 heterocycles. The van der Waals surface area contributed by atoms with Gasteiger partial charge in [-0.2, -0.15) is 10.2 Å². The predicted molar refractivity (Wildman–Crippen MR) is 79.7 cm³/mol. The first-order valence-corrected chi connectivity index (χ1v) is 6.82. The smallest absolute Gasteiger partial charge is 0.240 e. The zero-order chi connectivity index (χ0) is 16.3. The highest BCUT2D eigenvalue weighted by molar-refractivity contribution is 6.29. The van der Waals surface area contributed by atoms with Crippen molar-refractivity contribution in [2.45, 2.75) is 58.7 Å². The van der Waals surface area contributed by atoms with Gasteiger partial charge in [0.2, 0.25) is 11.8 Å². The molecule has 120 valence electrons. The largest absolute Gasteiger partial charge is 0.393 e. The van der Waals surface area contributed by atoms with Gasteiger partial charge in [0.05, 0.1) is 24.1 Å². The second-order valence-corrected chi connectivity index (χ2v) is 4.86. The summed E-state index contributed by atoms with van der Waals surface area (Å²) in [6.45, 7) is 4.82. The van der Waals surface area contributed by atoms with Gasteiger partial charge in [-0.25, -0.2) is 10.9 Å². The van der Waals surface area contributed by atoms with E-state index in [9.17, 15) is 9.59 Å². The number of carbonyl (C=O) groups is 2. The Morgan fingerprint density at radius 2 is 1.52 bits per heavy atom. The third-order valence-electron chi connectivity index (χ3n) is 2.38. The van der Waals surface area contributed by atoms with E-state index >= 15 is 0 Å². The molecule has 0 saturated heterocycles. The molecule has 0 aliphatic carbocycles. The van der Waals surface area contributed by atoms with Gasteiger partial charge < -0.3 is 10.2 Å². The van der Waals surface area contributed by atoms with Gasteiger partial charge in [-0.3, -0.25) is 9.59 Å². The summed E-state index contributed by atoms with van der Waals surface area (Å²) in [7, 11) is 0. The van der Waals surface area contributed by atoms with E-state index in [1.54, 1.807) is 20.8 Å². The molecule has 8 nitrogen and oxygen atoms in total. The highest BCUT2D eigenvalue weighted by Gasteiger charge is 2.03. The normalized spacial score (nSPS) is 14.8. The van der Waals surface area contributed by atoms with E-state index < -0.39 is 12.2 Å².